The lowest BCUT2D eigenvalue weighted by atomic mass is 9.84. The highest BCUT2D eigenvalue weighted by Gasteiger charge is 2.28. The summed E-state index contributed by atoms with van der Waals surface area (Å²) in [6.07, 6.45) is 5.35. The molecule has 2 nitrogen and oxygen atoms in total. The fraction of sp³-hybridized carbons (Fsp3) is 1.00. The molecular weight excluding hydrogens is 216 g/mol. The van der Waals surface area contributed by atoms with E-state index in [1.54, 1.807) is 0 Å². The summed E-state index contributed by atoms with van der Waals surface area (Å²) >= 11 is 2.13. The number of hydrogen-bond donors (Lipinski definition) is 1. The van der Waals surface area contributed by atoms with E-state index in [0.29, 0.717) is 6.04 Å². The fourth-order valence-electron chi connectivity index (χ4n) is 3.23. The van der Waals surface area contributed by atoms with Gasteiger partial charge in [0.1, 0.15) is 0 Å². The van der Waals surface area contributed by atoms with Gasteiger partial charge in [-0.05, 0) is 18.8 Å². The van der Waals surface area contributed by atoms with Gasteiger partial charge in [0.15, 0.2) is 0 Å². The summed E-state index contributed by atoms with van der Waals surface area (Å²) in [5.41, 5.74) is 6.23. The molecule has 0 spiro atoms. The summed E-state index contributed by atoms with van der Waals surface area (Å²) in [5, 5.41) is 1.59. The van der Waals surface area contributed by atoms with Crippen LogP contribution >= 0.6 is 11.8 Å². The molecule has 2 aliphatic rings. The molecule has 2 fully saturated rings. The van der Waals surface area contributed by atoms with Gasteiger partial charge in [0.25, 0.3) is 0 Å². The molecule has 4 unspecified atom stereocenters. The molecule has 1 heterocycles. The van der Waals surface area contributed by atoms with Crippen molar-refractivity contribution in [3.8, 4) is 0 Å². The lowest BCUT2D eigenvalue weighted by Crippen LogP contribution is -2.47. The highest BCUT2D eigenvalue weighted by molar-refractivity contribution is 8.00. The van der Waals surface area contributed by atoms with E-state index < -0.39 is 0 Å². The van der Waals surface area contributed by atoms with Crippen molar-refractivity contribution in [1.29, 1.82) is 0 Å². The van der Waals surface area contributed by atoms with Crippen molar-refractivity contribution in [2.24, 2.45) is 11.7 Å². The molecular formula is C13H26N2S. The second-order valence-electron chi connectivity index (χ2n) is 5.68. The quantitative estimate of drug-likeness (QED) is 0.806. The highest BCUT2D eigenvalue weighted by Crippen LogP contribution is 2.28. The van der Waals surface area contributed by atoms with Gasteiger partial charge in [-0.2, -0.15) is 11.8 Å². The number of hydrogen-bond acceptors (Lipinski definition) is 3. The molecule has 2 rings (SSSR count). The Morgan fingerprint density at radius 3 is 2.38 bits per heavy atom. The summed E-state index contributed by atoms with van der Waals surface area (Å²) in [7, 11) is 0. The molecule has 94 valence electrons. The lowest BCUT2D eigenvalue weighted by molar-refractivity contribution is 0.182. The average Bonchev–Trinajstić information content (AvgIpc) is 2.20. The number of nitrogens with two attached hydrogens (primary N) is 1. The van der Waals surface area contributed by atoms with Crippen molar-refractivity contribution in [3.63, 3.8) is 0 Å². The standard InChI is InChI=1S/C13H26N2S/c1-10-7-15(8-11(2)16-10)9-12-5-3-4-6-13(12)14/h10-13H,3-9,14H2,1-2H3. The minimum Gasteiger partial charge on any atom is -0.327 e. The fourth-order valence-corrected chi connectivity index (χ4v) is 4.62. The minimum absolute atomic E-state index is 0.467. The predicted molar refractivity (Wildman–Crippen MR) is 72.9 cm³/mol. The van der Waals surface area contributed by atoms with Crippen molar-refractivity contribution >= 4 is 11.8 Å². The maximum atomic E-state index is 6.23. The van der Waals surface area contributed by atoms with E-state index >= 15 is 0 Å². The van der Waals surface area contributed by atoms with Crippen molar-refractivity contribution < 1.29 is 0 Å². The minimum atomic E-state index is 0.467. The molecule has 16 heavy (non-hydrogen) atoms. The normalized spacial score (nSPS) is 42.2. The smallest absolute Gasteiger partial charge is 0.0149 e. The Labute approximate surface area is 104 Å². The second-order valence-corrected chi connectivity index (χ2v) is 7.57. The van der Waals surface area contributed by atoms with Gasteiger partial charge in [-0.3, -0.25) is 0 Å². The van der Waals surface area contributed by atoms with E-state index in [9.17, 15) is 0 Å². The lowest BCUT2D eigenvalue weighted by Gasteiger charge is -2.39. The first-order valence-corrected chi connectivity index (χ1v) is 7.73. The van der Waals surface area contributed by atoms with Gasteiger partial charge < -0.3 is 10.6 Å². The Bertz CT molecular complexity index is 212. The number of rotatable bonds is 2. The van der Waals surface area contributed by atoms with E-state index in [4.69, 9.17) is 5.73 Å². The first kappa shape index (κ1) is 12.7. The van der Waals surface area contributed by atoms with Gasteiger partial charge in [-0.1, -0.05) is 26.7 Å². The van der Waals surface area contributed by atoms with Crippen LogP contribution in [-0.2, 0) is 0 Å². The highest BCUT2D eigenvalue weighted by atomic mass is 32.2. The van der Waals surface area contributed by atoms with Crippen LogP contribution in [0, 0.1) is 5.92 Å². The van der Waals surface area contributed by atoms with E-state index in [0.717, 1.165) is 16.4 Å². The van der Waals surface area contributed by atoms with Gasteiger partial charge in [0, 0.05) is 36.2 Å². The van der Waals surface area contributed by atoms with Crippen LogP contribution in [0.25, 0.3) is 0 Å². The van der Waals surface area contributed by atoms with Gasteiger partial charge in [0.2, 0.25) is 0 Å². The Hall–Kier alpha value is 0.270. The molecule has 1 saturated heterocycles. The van der Waals surface area contributed by atoms with Gasteiger partial charge >= 0.3 is 0 Å². The van der Waals surface area contributed by atoms with Crippen LogP contribution < -0.4 is 5.73 Å². The molecule has 0 bridgehead atoms. The average molecular weight is 242 g/mol. The third-order valence-electron chi connectivity index (χ3n) is 3.96. The van der Waals surface area contributed by atoms with Crippen LogP contribution in [0.2, 0.25) is 0 Å². The predicted octanol–water partition coefficient (Wildman–Crippen LogP) is 2.33. The van der Waals surface area contributed by atoms with Crippen LogP contribution in [0.5, 0.6) is 0 Å². The molecule has 0 aromatic rings. The molecule has 2 N–H and O–H groups in total. The summed E-state index contributed by atoms with van der Waals surface area (Å²) in [6.45, 7) is 8.48. The molecule has 0 aromatic heterocycles. The summed E-state index contributed by atoms with van der Waals surface area (Å²) < 4.78 is 0. The van der Waals surface area contributed by atoms with E-state index in [-0.39, 0.29) is 0 Å². The first-order chi connectivity index (χ1) is 7.65. The monoisotopic (exact) mass is 242 g/mol. The molecule has 0 radical (unpaired) electrons. The molecule has 3 heteroatoms. The maximum absolute atomic E-state index is 6.23. The first-order valence-electron chi connectivity index (χ1n) is 6.78. The van der Waals surface area contributed by atoms with Gasteiger partial charge in [-0.25, -0.2) is 0 Å². The summed E-state index contributed by atoms with van der Waals surface area (Å²) in [4.78, 5) is 2.65. The van der Waals surface area contributed by atoms with Gasteiger partial charge in [-0.15, -0.1) is 0 Å². The third kappa shape index (κ3) is 3.38. The van der Waals surface area contributed by atoms with Crippen LogP contribution in [0.1, 0.15) is 39.5 Å². The van der Waals surface area contributed by atoms with E-state index in [1.807, 2.05) is 0 Å². The zero-order valence-corrected chi connectivity index (χ0v) is 11.5. The molecule has 0 aromatic carbocycles. The largest absolute Gasteiger partial charge is 0.327 e. The van der Waals surface area contributed by atoms with Crippen LogP contribution in [0.3, 0.4) is 0 Å². The Balaban J connectivity index is 1.83. The molecule has 1 aliphatic carbocycles. The van der Waals surface area contributed by atoms with Crippen LogP contribution in [-0.4, -0.2) is 41.1 Å². The topological polar surface area (TPSA) is 29.3 Å². The molecule has 0 amide bonds. The van der Waals surface area contributed by atoms with Crippen molar-refractivity contribution in [2.75, 3.05) is 19.6 Å². The molecule has 1 saturated carbocycles. The van der Waals surface area contributed by atoms with Crippen LogP contribution in [0.4, 0.5) is 0 Å². The Kier molecular flexibility index (Phi) is 4.57. The van der Waals surface area contributed by atoms with Crippen molar-refractivity contribution in [2.45, 2.75) is 56.1 Å². The summed E-state index contributed by atoms with van der Waals surface area (Å²) in [6, 6.07) is 0.467. The van der Waals surface area contributed by atoms with E-state index in [2.05, 4.69) is 30.5 Å². The number of thioether (sulfide) groups is 1. The maximum Gasteiger partial charge on any atom is 0.0149 e. The number of nitrogens with zero attached hydrogens (tertiary/aromatic N) is 1. The van der Waals surface area contributed by atoms with E-state index in [1.165, 1.54) is 45.3 Å². The zero-order chi connectivity index (χ0) is 11.5. The second kappa shape index (κ2) is 5.74. The third-order valence-corrected chi connectivity index (χ3v) is 5.18. The van der Waals surface area contributed by atoms with Crippen LogP contribution in [0.15, 0.2) is 0 Å². The molecule has 4 atom stereocenters. The van der Waals surface area contributed by atoms with Crippen molar-refractivity contribution in [1.82, 2.24) is 4.90 Å². The van der Waals surface area contributed by atoms with Gasteiger partial charge in [0.05, 0.1) is 0 Å². The Morgan fingerprint density at radius 2 is 1.75 bits per heavy atom. The Morgan fingerprint density at radius 1 is 1.12 bits per heavy atom. The SMILES string of the molecule is CC1CN(CC2CCCCC2N)CC(C)S1. The zero-order valence-electron chi connectivity index (χ0n) is 10.7. The van der Waals surface area contributed by atoms with Crippen molar-refractivity contribution in [3.05, 3.63) is 0 Å². The summed E-state index contributed by atoms with van der Waals surface area (Å²) in [5.74, 6) is 0.760. The molecule has 1 aliphatic heterocycles.